The molecular formula is C13H21N5O. The van der Waals surface area contributed by atoms with Crippen molar-refractivity contribution in [2.75, 3.05) is 26.2 Å². The van der Waals surface area contributed by atoms with Crippen molar-refractivity contribution < 1.29 is 4.79 Å². The maximum Gasteiger partial charge on any atom is 0.317 e. The number of hydrogen-bond donors (Lipinski definition) is 1. The van der Waals surface area contributed by atoms with Gasteiger partial charge in [0, 0.05) is 31.1 Å². The van der Waals surface area contributed by atoms with Crippen molar-refractivity contribution in [1.29, 1.82) is 0 Å². The van der Waals surface area contributed by atoms with Crippen LogP contribution in [0.25, 0.3) is 10.4 Å². The van der Waals surface area contributed by atoms with E-state index in [4.69, 9.17) is 5.53 Å². The Balaban J connectivity index is 1.74. The number of urea groups is 1. The molecule has 0 aromatic carbocycles. The molecule has 1 fully saturated rings. The van der Waals surface area contributed by atoms with Gasteiger partial charge in [0.1, 0.15) is 0 Å². The molecule has 0 bridgehead atoms. The third-order valence-corrected chi connectivity index (χ3v) is 3.87. The van der Waals surface area contributed by atoms with Crippen LogP contribution in [0, 0.1) is 5.92 Å². The first kappa shape index (κ1) is 13.7. The Labute approximate surface area is 113 Å². The molecule has 0 radical (unpaired) electrons. The normalized spacial score (nSPS) is 22.0. The van der Waals surface area contributed by atoms with Crippen LogP contribution in [0.2, 0.25) is 0 Å². The number of rotatable bonds is 4. The van der Waals surface area contributed by atoms with Crippen molar-refractivity contribution in [2.24, 2.45) is 11.0 Å². The number of likely N-dealkylation sites (tertiary alicyclic amines) is 1. The van der Waals surface area contributed by atoms with Crippen LogP contribution in [0.15, 0.2) is 16.8 Å². The van der Waals surface area contributed by atoms with Gasteiger partial charge in [-0.05, 0) is 43.6 Å². The van der Waals surface area contributed by atoms with Crippen LogP contribution < -0.4 is 5.32 Å². The van der Waals surface area contributed by atoms with E-state index in [0.29, 0.717) is 25.4 Å². The van der Waals surface area contributed by atoms with Crippen LogP contribution in [-0.2, 0) is 0 Å². The molecule has 6 heteroatoms. The summed E-state index contributed by atoms with van der Waals surface area (Å²) >= 11 is 0. The van der Waals surface area contributed by atoms with Gasteiger partial charge >= 0.3 is 6.03 Å². The van der Waals surface area contributed by atoms with Crippen molar-refractivity contribution >= 4 is 6.03 Å². The monoisotopic (exact) mass is 263 g/mol. The molecule has 6 nitrogen and oxygen atoms in total. The number of carbonyl (C=O) groups is 1. The van der Waals surface area contributed by atoms with Crippen LogP contribution in [-0.4, -0.2) is 37.1 Å². The molecule has 0 aromatic rings. The van der Waals surface area contributed by atoms with E-state index in [-0.39, 0.29) is 6.03 Å². The minimum Gasteiger partial charge on any atom is -0.338 e. The summed E-state index contributed by atoms with van der Waals surface area (Å²) in [6, 6.07) is 0.00543. The van der Waals surface area contributed by atoms with Gasteiger partial charge in [0.15, 0.2) is 0 Å². The maximum atomic E-state index is 12.0. The number of hydrogen-bond acceptors (Lipinski definition) is 2. The molecule has 19 heavy (non-hydrogen) atoms. The summed E-state index contributed by atoms with van der Waals surface area (Å²) in [5, 5.41) is 6.32. The van der Waals surface area contributed by atoms with E-state index in [1.165, 1.54) is 18.4 Å². The van der Waals surface area contributed by atoms with E-state index in [1.54, 1.807) is 0 Å². The second-order valence-corrected chi connectivity index (χ2v) is 5.16. The molecule has 2 rings (SSSR count). The average molecular weight is 263 g/mol. The van der Waals surface area contributed by atoms with E-state index in [0.717, 1.165) is 25.9 Å². The molecule has 1 aliphatic carbocycles. The third-order valence-electron chi connectivity index (χ3n) is 3.87. The van der Waals surface area contributed by atoms with Gasteiger partial charge in [-0.2, -0.15) is 0 Å². The SMILES string of the molecule is [N-]=[N+]=NCCCNC(=O)N1CCC2CCCC=C2C1. The molecule has 1 atom stereocenters. The Morgan fingerprint density at radius 3 is 3.32 bits per heavy atom. The van der Waals surface area contributed by atoms with Crippen LogP contribution in [0.4, 0.5) is 4.79 Å². The van der Waals surface area contributed by atoms with Gasteiger partial charge in [-0.1, -0.05) is 16.8 Å². The van der Waals surface area contributed by atoms with E-state index in [2.05, 4.69) is 21.4 Å². The van der Waals surface area contributed by atoms with Crippen LogP contribution in [0.3, 0.4) is 0 Å². The molecule has 1 N–H and O–H groups in total. The van der Waals surface area contributed by atoms with E-state index < -0.39 is 0 Å². The largest absolute Gasteiger partial charge is 0.338 e. The Kier molecular flexibility index (Phi) is 5.10. The molecule has 2 amide bonds. The highest BCUT2D eigenvalue weighted by molar-refractivity contribution is 5.74. The summed E-state index contributed by atoms with van der Waals surface area (Å²) in [5.41, 5.74) is 9.59. The van der Waals surface area contributed by atoms with Gasteiger partial charge in [-0.15, -0.1) is 0 Å². The summed E-state index contributed by atoms with van der Waals surface area (Å²) in [4.78, 5) is 16.6. The third kappa shape index (κ3) is 3.89. The highest BCUT2D eigenvalue weighted by Gasteiger charge is 2.27. The topological polar surface area (TPSA) is 81.1 Å². The van der Waals surface area contributed by atoms with Gasteiger partial charge < -0.3 is 10.2 Å². The standard InChI is InChI=1S/C13H21N5O/c14-17-16-8-3-7-15-13(19)18-9-6-11-4-1-2-5-12(11)10-18/h5,11H,1-4,6-10H2,(H,15,19). The number of azide groups is 1. The maximum absolute atomic E-state index is 12.0. The highest BCUT2D eigenvalue weighted by atomic mass is 16.2. The van der Waals surface area contributed by atoms with Gasteiger partial charge in [0.25, 0.3) is 0 Å². The van der Waals surface area contributed by atoms with Crippen LogP contribution in [0.1, 0.15) is 32.1 Å². The molecule has 0 aromatic heterocycles. The predicted molar refractivity (Wildman–Crippen MR) is 73.6 cm³/mol. The average Bonchev–Trinajstić information content (AvgIpc) is 2.46. The minimum absolute atomic E-state index is 0.00543. The summed E-state index contributed by atoms with van der Waals surface area (Å²) in [6.45, 7) is 2.64. The molecule has 1 saturated heterocycles. The fraction of sp³-hybridized carbons (Fsp3) is 0.769. The van der Waals surface area contributed by atoms with Crippen molar-refractivity contribution in [3.63, 3.8) is 0 Å². The van der Waals surface area contributed by atoms with Crippen molar-refractivity contribution in [2.45, 2.75) is 32.1 Å². The summed E-state index contributed by atoms with van der Waals surface area (Å²) in [6.07, 6.45) is 7.84. The van der Waals surface area contributed by atoms with E-state index >= 15 is 0 Å². The second kappa shape index (κ2) is 7.04. The van der Waals surface area contributed by atoms with Gasteiger partial charge in [-0.25, -0.2) is 4.79 Å². The van der Waals surface area contributed by atoms with Crippen molar-refractivity contribution in [1.82, 2.24) is 10.2 Å². The summed E-state index contributed by atoms with van der Waals surface area (Å²) in [7, 11) is 0. The number of amides is 2. The minimum atomic E-state index is 0.00543. The van der Waals surface area contributed by atoms with E-state index in [9.17, 15) is 4.79 Å². The number of carbonyl (C=O) groups excluding carboxylic acids is 1. The summed E-state index contributed by atoms with van der Waals surface area (Å²) in [5.74, 6) is 0.711. The number of piperidine rings is 1. The second-order valence-electron chi connectivity index (χ2n) is 5.16. The predicted octanol–water partition coefficient (Wildman–Crippen LogP) is 2.83. The molecule has 1 unspecified atom stereocenters. The smallest absolute Gasteiger partial charge is 0.317 e. The zero-order valence-corrected chi connectivity index (χ0v) is 11.2. The van der Waals surface area contributed by atoms with Gasteiger partial charge in [-0.3, -0.25) is 0 Å². The lowest BCUT2D eigenvalue weighted by atomic mass is 9.82. The van der Waals surface area contributed by atoms with Crippen molar-refractivity contribution in [3.05, 3.63) is 22.1 Å². The number of fused-ring (bicyclic) bond motifs is 1. The lowest BCUT2D eigenvalue weighted by Crippen LogP contribution is -2.46. The number of nitrogens with zero attached hydrogens (tertiary/aromatic N) is 4. The Morgan fingerprint density at radius 2 is 2.47 bits per heavy atom. The first-order valence-electron chi connectivity index (χ1n) is 7.04. The molecule has 0 saturated carbocycles. The Hall–Kier alpha value is -1.68. The lowest BCUT2D eigenvalue weighted by molar-refractivity contribution is 0.186. The lowest BCUT2D eigenvalue weighted by Gasteiger charge is -2.36. The molecule has 1 aliphatic heterocycles. The number of allylic oxidation sites excluding steroid dienone is 1. The van der Waals surface area contributed by atoms with Gasteiger partial charge in [0.05, 0.1) is 0 Å². The fourth-order valence-electron chi connectivity index (χ4n) is 2.81. The molecule has 1 heterocycles. The molecule has 104 valence electrons. The Bertz CT molecular complexity index is 400. The Morgan fingerprint density at radius 1 is 1.58 bits per heavy atom. The molecule has 0 spiro atoms. The van der Waals surface area contributed by atoms with Crippen LogP contribution >= 0.6 is 0 Å². The zero-order chi connectivity index (χ0) is 13.5. The fourth-order valence-corrected chi connectivity index (χ4v) is 2.81. The quantitative estimate of drug-likeness (QED) is 0.273. The number of nitrogens with one attached hydrogen (secondary N) is 1. The van der Waals surface area contributed by atoms with Crippen LogP contribution in [0.5, 0.6) is 0 Å². The van der Waals surface area contributed by atoms with E-state index in [1.807, 2.05) is 4.90 Å². The highest BCUT2D eigenvalue weighted by Crippen LogP contribution is 2.31. The van der Waals surface area contributed by atoms with Gasteiger partial charge in [0.2, 0.25) is 0 Å². The molecular weight excluding hydrogens is 242 g/mol. The molecule has 2 aliphatic rings. The first-order valence-corrected chi connectivity index (χ1v) is 7.04. The summed E-state index contributed by atoms with van der Waals surface area (Å²) < 4.78 is 0. The zero-order valence-electron chi connectivity index (χ0n) is 11.2. The first-order chi connectivity index (χ1) is 9.31. The van der Waals surface area contributed by atoms with Crippen molar-refractivity contribution in [3.8, 4) is 0 Å².